The summed E-state index contributed by atoms with van der Waals surface area (Å²) < 4.78 is 2.68. The summed E-state index contributed by atoms with van der Waals surface area (Å²) >= 11 is 2.01. The van der Waals surface area contributed by atoms with Gasteiger partial charge in [-0.05, 0) is 201 Å². The van der Waals surface area contributed by atoms with Gasteiger partial charge in [-0.3, -0.25) is 0 Å². The molecule has 1 aromatic heterocycles. The van der Waals surface area contributed by atoms with Gasteiger partial charge in [0.2, 0.25) is 0 Å². The fraction of sp³-hybridized carbons (Fsp3) is 0.190. The Kier molecular flexibility index (Phi) is 12.0. The van der Waals surface area contributed by atoms with Crippen molar-refractivity contribution in [2.24, 2.45) is 0 Å². The highest BCUT2D eigenvalue weighted by Crippen LogP contribution is 2.55. The Morgan fingerprint density at radius 1 is 0.400 bits per heavy atom. The molecule has 1 aliphatic carbocycles. The molecule has 0 amide bonds. The molecular weight excluding hydrogens is 1120 g/mol. The number of thiophene rings is 1. The van der Waals surface area contributed by atoms with Crippen LogP contribution in [-0.4, -0.2) is 14.8 Å². The van der Waals surface area contributed by atoms with Gasteiger partial charge in [-0.1, -0.05) is 233 Å². The number of para-hydroxylation sites is 3. The molecule has 0 fully saturated rings. The number of anilines is 9. The molecule has 11 aromatic carbocycles. The smallest absolute Gasteiger partial charge is 0.265 e. The van der Waals surface area contributed by atoms with E-state index >= 15 is 0 Å². The first kappa shape index (κ1) is 55.2. The van der Waals surface area contributed by atoms with Gasteiger partial charge in [-0.2, -0.15) is 0 Å². The lowest BCUT2D eigenvalue weighted by molar-refractivity contribution is 0.333. The van der Waals surface area contributed by atoms with Crippen molar-refractivity contribution in [2.45, 2.75) is 104 Å². The SMILES string of the molecule is CC(C)(C)c1ccc(N2c3cc(-c4cccc5c4C(C)(C)CCC5(C)C)cc4c3B(c3sc5ccc(-c6ccccc6)cc5c3N4c3ccc(C(C)(C)C)cc3)c3c2ccc2c3-c3ccccc3[Si]23c2ccccc2N(c2ccccc2)c2ccccc23)cc1. The Hall–Kier alpha value is -8.94. The molecule has 4 aliphatic heterocycles. The summed E-state index contributed by atoms with van der Waals surface area (Å²) in [5.74, 6) is 0. The minimum atomic E-state index is -3.11. The first-order valence-corrected chi connectivity index (χ1v) is 35.3. The Morgan fingerprint density at radius 3 is 1.58 bits per heavy atom. The van der Waals surface area contributed by atoms with Gasteiger partial charge in [0.05, 0.1) is 5.69 Å². The Labute approximate surface area is 537 Å². The van der Waals surface area contributed by atoms with Crippen LogP contribution in [0.4, 0.5) is 51.2 Å². The lowest BCUT2D eigenvalue weighted by atomic mass is 9.35. The topological polar surface area (TPSA) is 9.72 Å². The fourth-order valence-corrected chi connectivity index (χ4v) is 23.6. The molecule has 5 aliphatic rings. The summed E-state index contributed by atoms with van der Waals surface area (Å²) in [5, 5.41) is 7.07. The van der Waals surface area contributed by atoms with Crippen molar-refractivity contribution in [1.82, 2.24) is 0 Å². The van der Waals surface area contributed by atoms with Crippen molar-refractivity contribution in [3.63, 3.8) is 0 Å². The second-order valence-corrected chi connectivity index (χ2v) is 34.2. The lowest BCUT2D eigenvalue weighted by Crippen LogP contribution is -2.75. The zero-order valence-electron chi connectivity index (χ0n) is 53.3. The van der Waals surface area contributed by atoms with Crippen LogP contribution < -0.4 is 51.1 Å². The van der Waals surface area contributed by atoms with Crippen LogP contribution in [0.3, 0.4) is 0 Å². The second-order valence-electron chi connectivity index (χ2n) is 29.4. The highest BCUT2D eigenvalue weighted by atomic mass is 32.1. The predicted octanol–water partition coefficient (Wildman–Crippen LogP) is 18.4. The average Bonchev–Trinajstić information content (AvgIpc) is 1.42. The maximum atomic E-state index is 2.71. The summed E-state index contributed by atoms with van der Waals surface area (Å²) in [5.41, 5.74) is 27.1. The summed E-state index contributed by atoms with van der Waals surface area (Å²) in [7, 11) is -3.11. The molecule has 0 atom stereocenters. The number of hydrogen-bond donors (Lipinski definition) is 0. The van der Waals surface area contributed by atoms with Crippen LogP contribution in [0.2, 0.25) is 0 Å². The van der Waals surface area contributed by atoms with Crippen LogP contribution in [0.25, 0.3) is 43.5 Å². The van der Waals surface area contributed by atoms with E-state index in [1.807, 2.05) is 11.3 Å². The fourth-order valence-electron chi connectivity index (χ4n) is 16.7. The van der Waals surface area contributed by atoms with E-state index in [1.165, 1.54) is 153 Å². The summed E-state index contributed by atoms with van der Waals surface area (Å²) in [4.78, 5) is 7.95. The third-order valence-corrected chi connectivity index (χ3v) is 27.4. The maximum absolute atomic E-state index is 3.11. The van der Waals surface area contributed by atoms with Crippen LogP contribution >= 0.6 is 11.3 Å². The molecule has 12 aromatic rings. The molecule has 3 nitrogen and oxygen atoms in total. The first-order chi connectivity index (χ1) is 43.4. The third kappa shape index (κ3) is 7.89. The molecule has 438 valence electrons. The third-order valence-electron chi connectivity index (χ3n) is 21.2. The van der Waals surface area contributed by atoms with Gasteiger partial charge >= 0.3 is 0 Å². The van der Waals surface area contributed by atoms with Crippen LogP contribution in [0.15, 0.2) is 243 Å². The van der Waals surface area contributed by atoms with Crippen LogP contribution in [0, 0.1) is 0 Å². The van der Waals surface area contributed by atoms with Gasteiger partial charge in [0.25, 0.3) is 6.71 Å². The van der Waals surface area contributed by atoms with Gasteiger partial charge in [-0.25, -0.2) is 0 Å². The number of benzene rings is 11. The number of rotatable bonds is 5. The summed E-state index contributed by atoms with van der Waals surface area (Å²) in [6, 6.07) is 94.8. The van der Waals surface area contributed by atoms with Gasteiger partial charge < -0.3 is 14.7 Å². The van der Waals surface area contributed by atoms with E-state index in [4.69, 9.17) is 0 Å². The zero-order valence-corrected chi connectivity index (χ0v) is 55.2. The highest BCUT2D eigenvalue weighted by molar-refractivity contribution is 7.34. The van der Waals surface area contributed by atoms with E-state index < -0.39 is 8.07 Å². The van der Waals surface area contributed by atoms with Crippen LogP contribution in [0.1, 0.15) is 104 Å². The van der Waals surface area contributed by atoms with E-state index in [0.717, 1.165) is 12.8 Å². The maximum Gasteiger partial charge on any atom is 0.265 e. The van der Waals surface area contributed by atoms with E-state index in [-0.39, 0.29) is 28.4 Å². The minimum absolute atomic E-state index is 0.0221. The van der Waals surface area contributed by atoms with Crippen molar-refractivity contribution in [3.8, 4) is 33.4 Å². The van der Waals surface area contributed by atoms with E-state index in [9.17, 15) is 0 Å². The molecule has 0 saturated carbocycles. The van der Waals surface area contributed by atoms with Crippen molar-refractivity contribution in [3.05, 3.63) is 265 Å². The largest absolute Gasteiger partial charge is 0.311 e. The van der Waals surface area contributed by atoms with Crippen molar-refractivity contribution in [1.29, 1.82) is 0 Å². The number of nitrogens with zero attached hydrogens (tertiary/aromatic N) is 3. The van der Waals surface area contributed by atoms with E-state index in [0.29, 0.717) is 0 Å². The zero-order chi connectivity index (χ0) is 61.4. The Bertz CT molecular complexity index is 4880. The molecule has 0 saturated heterocycles. The molecule has 1 spiro atoms. The molecule has 0 radical (unpaired) electrons. The Balaban J connectivity index is 1.04. The van der Waals surface area contributed by atoms with Gasteiger partial charge in [-0.15, -0.1) is 11.3 Å². The van der Waals surface area contributed by atoms with Crippen LogP contribution in [-0.2, 0) is 21.7 Å². The second kappa shape index (κ2) is 19.5. The van der Waals surface area contributed by atoms with E-state index in [2.05, 4.69) is 327 Å². The normalized spacial score (nSPS) is 16.0. The van der Waals surface area contributed by atoms with E-state index in [1.54, 1.807) is 0 Å². The van der Waals surface area contributed by atoms with Gasteiger partial charge in [0, 0.05) is 60.4 Å². The van der Waals surface area contributed by atoms with Gasteiger partial charge in [0.1, 0.15) is 0 Å². The lowest BCUT2D eigenvalue weighted by Gasteiger charge is -2.46. The average molecular weight is 1200 g/mol. The molecule has 90 heavy (non-hydrogen) atoms. The van der Waals surface area contributed by atoms with Crippen molar-refractivity contribution >= 4 is 124 Å². The number of fused-ring (bicyclic) bond motifs is 17. The standard InChI is InChI=1S/C84H74BN3SSi/c1-81(2,3)56-37-41-59(42-38-56)87-67-45-47-74-75(62-28-17-20-33-71(62)90(74)72-34-21-18-31-65(72)86(58-26-15-12-16-27-58)66-32-19-22-35-73(66)90)78(67)85-77-68(87)51-55(61-29-23-30-64-76(61)84(9,10)49-48-83(64,7)8)52-69(77)88(60-43-39-57(40-44-60)82(4,5)6)79-63-50-54(53-24-13-11-14-25-53)36-46-70(63)89-80(79)85/h11-47,50-52H,48-49H2,1-10H3. The first-order valence-electron chi connectivity index (χ1n) is 32.5. The molecule has 5 heterocycles. The predicted molar refractivity (Wildman–Crippen MR) is 390 cm³/mol. The molecular formula is C84H74BN3SSi. The quantitative estimate of drug-likeness (QED) is 0.159. The van der Waals surface area contributed by atoms with Crippen molar-refractivity contribution in [2.75, 3.05) is 14.7 Å². The molecule has 6 heteroatoms. The molecule has 0 bridgehead atoms. The summed E-state index contributed by atoms with van der Waals surface area (Å²) in [6.07, 6.45) is 2.28. The Morgan fingerprint density at radius 2 is 0.933 bits per heavy atom. The van der Waals surface area contributed by atoms with Crippen LogP contribution in [0.5, 0.6) is 0 Å². The van der Waals surface area contributed by atoms with Gasteiger partial charge in [0.15, 0.2) is 8.07 Å². The monoisotopic (exact) mass is 1200 g/mol. The summed E-state index contributed by atoms with van der Waals surface area (Å²) in [6.45, 7) is 23.8. The molecule has 17 rings (SSSR count). The minimum Gasteiger partial charge on any atom is -0.311 e. The molecule has 0 N–H and O–H groups in total. The number of hydrogen-bond acceptors (Lipinski definition) is 4. The molecule has 0 unspecified atom stereocenters. The van der Waals surface area contributed by atoms with Crippen molar-refractivity contribution < 1.29 is 0 Å². The highest BCUT2D eigenvalue weighted by Gasteiger charge is 2.57.